The lowest BCUT2D eigenvalue weighted by atomic mass is 9.85. The Hall–Kier alpha value is -0.0800. The summed E-state index contributed by atoms with van der Waals surface area (Å²) in [5.41, 5.74) is -0.00338. The molecule has 2 unspecified atom stereocenters. The molecule has 0 aromatic carbocycles. The summed E-state index contributed by atoms with van der Waals surface area (Å²) in [7, 11) is 0. The minimum atomic E-state index is -0.00338. The Kier molecular flexibility index (Phi) is 4.39. The van der Waals surface area contributed by atoms with Gasteiger partial charge in [0.1, 0.15) is 0 Å². The van der Waals surface area contributed by atoms with Crippen LogP contribution in [0.2, 0.25) is 0 Å². The highest BCUT2D eigenvalue weighted by atomic mass is 16.3. The second-order valence-electron chi connectivity index (χ2n) is 4.93. The van der Waals surface area contributed by atoms with Gasteiger partial charge in [0.25, 0.3) is 0 Å². The van der Waals surface area contributed by atoms with Crippen molar-refractivity contribution in [1.82, 2.24) is 5.32 Å². The summed E-state index contributed by atoms with van der Waals surface area (Å²) < 4.78 is 0. The molecule has 1 saturated carbocycles. The standard InChI is InChI=1S/C12H25NO/c1-4-10(3)8-12(5-2,9-14)13-11-6-7-11/h10-11,13-14H,4-9H2,1-3H3. The van der Waals surface area contributed by atoms with E-state index in [1.165, 1.54) is 19.3 Å². The van der Waals surface area contributed by atoms with Crippen LogP contribution in [0, 0.1) is 5.92 Å². The molecule has 0 saturated heterocycles. The zero-order valence-corrected chi connectivity index (χ0v) is 9.84. The van der Waals surface area contributed by atoms with Crippen LogP contribution in [0.5, 0.6) is 0 Å². The summed E-state index contributed by atoms with van der Waals surface area (Å²) in [6.07, 6.45) is 5.93. The van der Waals surface area contributed by atoms with Crippen LogP contribution < -0.4 is 5.32 Å². The average Bonchev–Trinajstić information content (AvgIpc) is 3.00. The highest BCUT2D eigenvalue weighted by molar-refractivity contribution is 4.95. The molecular formula is C12H25NO. The van der Waals surface area contributed by atoms with Crippen LogP contribution >= 0.6 is 0 Å². The molecule has 2 atom stereocenters. The molecule has 0 aliphatic heterocycles. The van der Waals surface area contributed by atoms with E-state index in [1.54, 1.807) is 0 Å². The first-order valence-electron chi connectivity index (χ1n) is 6.04. The predicted molar refractivity (Wildman–Crippen MR) is 60.3 cm³/mol. The molecule has 2 nitrogen and oxygen atoms in total. The smallest absolute Gasteiger partial charge is 0.0613 e. The van der Waals surface area contributed by atoms with Gasteiger partial charge in [-0.3, -0.25) is 0 Å². The largest absolute Gasteiger partial charge is 0.394 e. The average molecular weight is 199 g/mol. The molecule has 0 aromatic rings. The molecule has 0 bridgehead atoms. The quantitative estimate of drug-likeness (QED) is 0.659. The van der Waals surface area contributed by atoms with Gasteiger partial charge in [-0.15, -0.1) is 0 Å². The summed E-state index contributed by atoms with van der Waals surface area (Å²) in [5, 5.41) is 13.2. The molecule has 0 amide bonds. The van der Waals surface area contributed by atoms with Crippen LogP contribution in [0.15, 0.2) is 0 Å². The number of aliphatic hydroxyl groups excluding tert-OH is 1. The van der Waals surface area contributed by atoms with Crippen molar-refractivity contribution in [3.8, 4) is 0 Å². The van der Waals surface area contributed by atoms with Crippen molar-refractivity contribution in [3.63, 3.8) is 0 Å². The topological polar surface area (TPSA) is 32.3 Å². The van der Waals surface area contributed by atoms with E-state index in [0.29, 0.717) is 12.0 Å². The van der Waals surface area contributed by atoms with Crippen molar-refractivity contribution in [2.24, 2.45) is 5.92 Å². The molecule has 0 radical (unpaired) electrons. The van der Waals surface area contributed by atoms with E-state index in [2.05, 4.69) is 26.1 Å². The number of aliphatic hydroxyl groups is 1. The highest BCUT2D eigenvalue weighted by Gasteiger charge is 2.34. The van der Waals surface area contributed by atoms with Gasteiger partial charge in [-0.25, -0.2) is 0 Å². The third-order valence-corrected chi connectivity index (χ3v) is 3.50. The van der Waals surface area contributed by atoms with E-state index in [1.807, 2.05) is 0 Å². The normalized spacial score (nSPS) is 23.1. The van der Waals surface area contributed by atoms with Crippen molar-refractivity contribution in [2.45, 2.75) is 64.5 Å². The fourth-order valence-corrected chi connectivity index (χ4v) is 2.00. The van der Waals surface area contributed by atoms with E-state index in [0.717, 1.165) is 12.8 Å². The molecule has 2 N–H and O–H groups in total. The molecule has 1 aliphatic rings. The van der Waals surface area contributed by atoms with Crippen LogP contribution in [0.4, 0.5) is 0 Å². The summed E-state index contributed by atoms with van der Waals surface area (Å²) in [6.45, 7) is 6.95. The van der Waals surface area contributed by atoms with Crippen molar-refractivity contribution in [2.75, 3.05) is 6.61 Å². The summed E-state index contributed by atoms with van der Waals surface area (Å²) in [5.74, 6) is 0.702. The predicted octanol–water partition coefficient (Wildman–Crippen LogP) is 2.32. The van der Waals surface area contributed by atoms with E-state index in [9.17, 15) is 5.11 Å². The maximum atomic E-state index is 9.54. The van der Waals surface area contributed by atoms with Crippen LogP contribution in [-0.2, 0) is 0 Å². The first-order chi connectivity index (χ1) is 6.65. The fraction of sp³-hybridized carbons (Fsp3) is 1.00. The molecule has 1 aliphatic carbocycles. The van der Waals surface area contributed by atoms with Crippen molar-refractivity contribution in [3.05, 3.63) is 0 Å². The number of nitrogens with one attached hydrogen (secondary N) is 1. The van der Waals surface area contributed by atoms with Crippen molar-refractivity contribution in [1.29, 1.82) is 0 Å². The molecule has 0 aromatic heterocycles. The number of hydrogen-bond acceptors (Lipinski definition) is 2. The molecule has 2 heteroatoms. The van der Waals surface area contributed by atoms with Gasteiger partial charge < -0.3 is 10.4 Å². The maximum absolute atomic E-state index is 9.54. The van der Waals surface area contributed by atoms with Gasteiger partial charge in [-0.05, 0) is 31.6 Å². The van der Waals surface area contributed by atoms with E-state index in [-0.39, 0.29) is 12.1 Å². The molecular weight excluding hydrogens is 174 g/mol. The highest BCUT2D eigenvalue weighted by Crippen LogP contribution is 2.28. The lowest BCUT2D eigenvalue weighted by Crippen LogP contribution is -2.50. The zero-order chi connectivity index (χ0) is 10.6. The molecule has 84 valence electrons. The Morgan fingerprint density at radius 1 is 1.43 bits per heavy atom. The summed E-state index contributed by atoms with van der Waals surface area (Å²) in [6, 6.07) is 0.686. The second kappa shape index (κ2) is 5.13. The molecule has 0 heterocycles. The Bertz CT molecular complexity index is 162. The van der Waals surface area contributed by atoms with Gasteiger partial charge in [0, 0.05) is 11.6 Å². The van der Waals surface area contributed by atoms with E-state index in [4.69, 9.17) is 0 Å². The summed E-state index contributed by atoms with van der Waals surface area (Å²) in [4.78, 5) is 0. The Morgan fingerprint density at radius 2 is 2.07 bits per heavy atom. The van der Waals surface area contributed by atoms with Crippen LogP contribution in [0.1, 0.15) is 52.9 Å². The van der Waals surface area contributed by atoms with E-state index >= 15 is 0 Å². The van der Waals surface area contributed by atoms with Crippen molar-refractivity contribution < 1.29 is 5.11 Å². The molecule has 0 spiro atoms. The van der Waals surface area contributed by atoms with Gasteiger partial charge in [-0.1, -0.05) is 27.2 Å². The first-order valence-corrected chi connectivity index (χ1v) is 6.04. The van der Waals surface area contributed by atoms with Gasteiger partial charge in [-0.2, -0.15) is 0 Å². The van der Waals surface area contributed by atoms with Gasteiger partial charge in [0.2, 0.25) is 0 Å². The second-order valence-corrected chi connectivity index (χ2v) is 4.93. The summed E-state index contributed by atoms with van der Waals surface area (Å²) >= 11 is 0. The molecule has 1 fully saturated rings. The third kappa shape index (κ3) is 3.25. The monoisotopic (exact) mass is 199 g/mol. The van der Waals surface area contributed by atoms with E-state index < -0.39 is 0 Å². The maximum Gasteiger partial charge on any atom is 0.0613 e. The zero-order valence-electron chi connectivity index (χ0n) is 9.84. The Balaban J connectivity index is 2.48. The third-order valence-electron chi connectivity index (χ3n) is 3.50. The SMILES string of the molecule is CCC(C)CC(CC)(CO)NC1CC1. The first kappa shape index (κ1) is 12.0. The fourth-order valence-electron chi connectivity index (χ4n) is 2.00. The lowest BCUT2D eigenvalue weighted by molar-refractivity contribution is 0.128. The van der Waals surface area contributed by atoms with Crippen LogP contribution in [0.25, 0.3) is 0 Å². The number of hydrogen-bond donors (Lipinski definition) is 2. The van der Waals surface area contributed by atoms with Crippen molar-refractivity contribution >= 4 is 0 Å². The lowest BCUT2D eigenvalue weighted by Gasteiger charge is -2.34. The van der Waals surface area contributed by atoms with Crippen LogP contribution in [-0.4, -0.2) is 23.3 Å². The minimum absolute atomic E-state index is 0.00338. The number of rotatable bonds is 7. The molecule has 14 heavy (non-hydrogen) atoms. The van der Waals surface area contributed by atoms with Gasteiger partial charge in [0.15, 0.2) is 0 Å². The Labute approximate surface area is 88.1 Å². The molecule has 1 rings (SSSR count). The van der Waals surface area contributed by atoms with Gasteiger partial charge >= 0.3 is 0 Å². The van der Waals surface area contributed by atoms with Crippen LogP contribution in [0.3, 0.4) is 0 Å². The van der Waals surface area contributed by atoms with Gasteiger partial charge in [0.05, 0.1) is 6.61 Å². The Morgan fingerprint density at radius 3 is 2.43 bits per heavy atom. The minimum Gasteiger partial charge on any atom is -0.394 e.